The molecule has 0 spiro atoms. The molecular formula is C18H13FO3. The van der Waals surface area contributed by atoms with E-state index >= 15 is 0 Å². The van der Waals surface area contributed by atoms with Crippen LogP contribution in [0.2, 0.25) is 0 Å². The lowest BCUT2D eigenvalue weighted by atomic mass is 10.1. The number of carbonyl (C=O) groups is 1. The number of hydrogen-bond donors (Lipinski definition) is 1. The van der Waals surface area contributed by atoms with Gasteiger partial charge in [-0.25, -0.2) is 9.18 Å². The summed E-state index contributed by atoms with van der Waals surface area (Å²) < 4.78 is 18.0. The van der Waals surface area contributed by atoms with Gasteiger partial charge >= 0.3 is 5.97 Å². The largest absolute Gasteiger partial charge is 0.506 e. The van der Waals surface area contributed by atoms with Gasteiger partial charge in [-0.1, -0.05) is 42.5 Å². The third-order valence-corrected chi connectivity index (χ3v) is 3.40. The van der Waals surface area contributed by atoms with E-state index in [2.05, 4.69) is 0 Å². The van der Waals surface area contributed by atoms with Gasteiger partial charge in [-0.3, -0.25) is 0 Å². The van der Waals surface area contributed by atoms with Crippen molar-refractivity contribution in [2.24, 2.45) is 0 Å². The predicted octanol–water partition coefficient (Wildman–Crippen LogP) is 4.04. The minimum atomic E-state index is -0.618. The van der Waals surface area contributed by atoms with Gasteiger partial charge in [0.15, 0.2) is 0 Å². The van der Waals surface area contributed by atoms with Crippen molar-refractivity contribution in [3.8, 4) is 5.75 Å². The first-order valence-corrected chi connectivity index (χ1v) is 6.77. The van der Waals surface area contributed by atoms with Crippen molar-refractivity contribution in [1.29, 1.82) is 0 Å². The normalized spacial score (nSPS) is 10.6. The van der Waals surface area contributed by atoms with Gasteiger partial charge < -0.3 is 9.84 Å². The second-order valence-electron chi connectivity index (χ2n) is 4.89. The fourth-order valence-corrected chi connectivity index (χ4v) is 2.23. The molecular weight excluding hydrogens is 283 g/mol. The van der Waals surface area contributed by atoms with E-state index in [0.717, 1.165) is 5.39 Å². The van der Waals surface area contributed by atoms with Gasteiger partial charge in [0.2, 0.25) is 0 Å². The number of phenolic OH excluding ortho intramolecular Hbond substituents is 1. The van der Waals surface area contributed by atoms with E-state index in [0.29, 0.717) is 10.9 Å². The van der Waals surface area contributed by atoms with Crippen LogP contribution in [0.25, 0.3) is 10.8 Å². The number of rotatable bonds is 3. The SMILES string of the molecule is O=C(OCc1ccc(F)cc1)c1ccc2ccccc2c1O. The fraction of sp³-hybridized carbons (Fsp3) is 0.0556. The van der Waals surface area contributed by atoms with Crippen molar-refractivity contribution in [1.82, 2.24) is 0 Å². The van der Waals surface area contributed by atoms with E-state index in [1.807, 2.05) is 12.1 Å². The smallest absolute Gasteiger partial charge is 0.342 e. The molecule has 4 heteroatoms. The van der Waals surface area contributed by atoms with Gasteiger partial charge in [0, 0.05) is 5.39 Å². The van der Waals surface area contributed by atoms with Gasteiger partial charge in [-0.15, -0.1) is 0 Å². The Hall–Kier alpha value is -2.88. The lowest BCUT2D eigenvalue weighted by Crippen LogP contribution is -2.05. The lowest BCUT2D eigenvalue weighted by Gasteiger charge is -2.08. The first kappa shape index (κ1) is 14.1. The molecule has 0 amide bonds. The standard InChI is InChI=1S/C18H13FO3/c19-14-8-5-12(6-9-14)11-22-18(21)16-10-7-13-3-1-2-4-15(13)17(16)20/h1-10,20H,11H2. The average molecular weight is 296 g/mol. The number of benzene rings is 3. The van der Waals surface area contributed by atoms with Crippen LogP contribution in [0.15, 0.2) is 60.7 Å². The van der Waals surface area contributed by atoms with Crippen molar-refractivity contribution < 1.29 is 19.0 Å². The third kappa shape index (κ3) is 2.76. The molecule has 0 bridgehead atoms. The molecule has 0 saturated carbocycles. The first-order valence-electron chi connectivity index (χ1n) is 6.77. The molecule has 0 aliphatic rings. The molecule has 3 aromatic rings. The Balaban J connectivity index is 1.80. The van der Waals surface area contributed by atoms with Crippen LogP contribution in [-0.2, 0) is 11.3 Å². The van der Waals surface area contributed by atoms with E-state index in [9.17, 15) is 14.3 Å². The number of phenols is 1. The fourth-order valence-electron chi connectivity index (χ4n) is 2.23. The van der Waals surface area contributed by atoms with Crippen molar-refractivity contribution >= 4 is 16.7 Å². The monoisotopic (exact) mass is 296 g/mol. The Bertz CT molecular complexity index is 825. The molecule has 0 heterocycles. The molecule has 0 fully saturated rings. The summed E-state index contributed by atoms with van der Waals surface area (Å²) in [7, 11) is 0. The van der Waals surface area contributed by atoms with Crippen LogP contribution in [-0.4, -0.2) is 11.1 Å². The van der Waals surface area contributed by atoms with Crippen molar-refractivity contribution in [3.05, 3.63) is 77.6 Å². The zero-order valence-corrected chi connectivity index (χ0v) is 11.6. The Kier molecular flexibility index (Phi) is 3.74. The minimum absolute atomic E-state index is 0.0192. The highest BCUT2D eigenvalue weighted by molar-refractivity contribution is 6.01. The summed E-state index contributed by atoms with van der Waals surface area (Å²) in [6, 6.07) is 16.2. The van der Waals surface area contributed by atoms with Gasteiger partial charge in [-0.2, -0.15) is 0 Å². The molecule has 0 aliphatic carbocycles. The summed E-state index contributed by atoms with van der Waals surface area (Å²) in [5.74, 6) is -1.06. The number of hydrogen-bond acceptors (Lipinski definition) is 3. The van der Waals surface area contributed by atoms with Gasteiger partial charge in [0.05, 0.1) is 0 Å². The van der Waals surface area contributed by atoms with E-state index in [4.69, 9.17) is 4.74 Å². The quantitative estimate of drug-likeness (QED) is 0.742. The molecule has 3 aromatic carbocycles. The molecule has 0 saturated heterocycles. The van der Waals surface area contributed by atoms with Gasteiger partial charge in [0.1, 0.15) is 23.7 Å². The maximum atomic E-state index is 12.8. The molecule has 3 nitrogen and oxygen atoms in total. The van der Waals surface area contributed by atoms with Crippen LogP contribution in [0.1, 0.15) is 15.9 Å². The predicted molar refractivity (Wildman–Crippen MR) is 81.1 cm³/mol. The average Bonchev–Trinajstić information content (AvgIpc) is 2.55. The van der Waals surface area contributed by atoms with E-state index in [1.165, 1.54) is 18.2 Å². The molecule has 3 rings (SSSR count). The van der Waals surface area contributed by atoms with Crippen molar-refractivity contribution in [3.63, 3.8) is 0 Å². The van der Waals surface area contributed by atoms with E-state index in [-0.39, 0.29) is 23.7 Å². The Morgan fingerprint density at radius 3 is 2.50 bits per heavy atom. The first-order chi connectivity index (χ1) is 10.6. The second kappa shape index (κ2) is 5.85. The maximum Gasteiger partial charge on any atom is 0.342 e. The molecule has 1 N–H and O–H groups in total. The highest BCUT2D eigenvalue weighted by atomic mass is 19.1. The van der Waals surface area contributed by atoms with Crippen molar-refractivity contribution in [2.45, 2.75) is 6.61 Å². The Labute approximate surface area is 126 Å². The van der Waals surface area contributed by atoms with Crippen LogP contribution < -0.4 is 0 Å². The molecule has 0 unspecified atom stereocenters. The minimum Gasteiger partial charge on any atom is -0.506 e. The molecule has 22 heavy (non-hydrogen) atoms. The molecule has 0 atom stereocenters. The molecule has 0 radical (unpaired) electrons. The number of ether oxygens (including phenoxy) is 1. The molecule has 0 aliphatic heterocycles. The van der Waals surface area contributed by atoms with Crippen LogP contribution in [0.4, 0.5) is 4.39 Å². The van der Waals surface area contributed by atoms with Gasteiger partial charge in [0.25, 0.3) is 0 Å². The maximum absolute atomic E-state index is 12.8. The number of aromatic hydroxyl groups is 1. The topological polar surface area (TPSA) is 46.5 Å². The molecule has 110 valence electrons. The molecule has 0 aromatic heterocycles. The zero-order valence-electron chi connectivity index (χ0n) is 11.6. The Morgan fingerprint density at radius 2 is 1.73 bits per heavy atom. The summed E-state index contributed by atoms with van der Waals surface area (Å²) in [6.07, 6.45) is 0. The number of esters is 1. The van der Waals surface area contributed by atoms with Crippen molar-refractivity contribution in [2.75, 3.05) is 0 Å². The van der Waals surface area contributed by atoms with E-state index in [1.54, 1.807) is 30.3 Å². The third-order valence-electron chi connectivity index (χ3n) is 3.40. The highest BCUT2D eigenvalue weighted by Gasteiger charge is 2.15. The number of halogens is 1. The summed E-state index contributed by atoms with van der Waals surface area (Å²) in [5, 5.41) is 11.6. The van der Waals surface area contributed by atoms with Crippen LogP contribution >= 0.6 is 0 Å². The summed E-state index contributed by atoms with van der Waals surface area (Å²) in [6.45, 7) is 0.0192. The number of fused-ring (bicyclic) bond motifs is 1. The van der Waals surface area contributed by atoms with Crippen LogP contribution in [0, 0.1) is 5.82 Å². The second-order valence-corrected chi connectivity index (χ2v) is 4.89. The summed E-state index contributed by atoms with van der Waals surface area (Å²) >= 11 is 0. The highest BCUT2D eigenvalue weighted by Crippen LogP contribution is 2.29. The number of carbonyl (C=O) groups excluding carboxylic acids is 1. The van der Waals surface area contributed by atoms with Gasteiger partial charge in [-0.05, 0) is 29.1 Å². The zero-order chi connectivity index (χ0) is 15.5. The lowest BCUT2D eigenvalue weighted by molar-refractivity contribution is 0.0469. The summed E-state index contributed by atoms with van der Waals surface area (Å²) in [4.78, 5) is 12.1. The van der Waals surface area contributed by atoms with Crippen LogP contribution in [0.3, 0.4) is 0 Å². The van der Waals surface area contributed by atoms with E-state index < -0.39 is 5.97 Å². The summed E-state index contributed by atoms with van der Waals surface area (Å²) in [5.41, 5.74) is 0.788. The van der Waals surface area contributed by atoms with Crippen LogP contribution in [0.5, 0.6) is 5.75 Å². The Morgan fingerprint density at radius 1 is 1.00 bits per heavy atom.